The molecule has 0 fully saturated rings. The lowest BCUT2D eigenvalue weighted by Gasteiger charge is -2.18. The Hall–Kier alpha value is -3.51. The zero-order chi connectivity index (χ0) is 26.5. The lowest BCUT2D eigenvalue weighted by atomic mass is 10.1. The fourth-order valence-corrected chi connectivity index (χ4v) is 5.31. The van der Waals surface area contributed by atoms with E-state index in [4.69, 9.17) is 9.47 Å². The summed E-state index contributed by atoms with van der Waals surface area (Å²) in [6, 6.07) is 15.2. The van der Waals surface area contributed by atoms with Crippen LogP contribution in [0, 0.1) is 28.7 Å². The van der Waals surface area contributed by atoms with Crippen LogP contribution in [0.5, 0.6) is 11.5 Å². The van der Waals surface area contributed by atoms with E-state index in [1.807, 2.05) is 0 Å². The van der Waals surface area contributed by atoms with Gasteiger partial charge in [-0.05, 0) is 82.5 Å². The van der Waals surface area contributed by atoms with Crippen molar-refractivity contribution < 1.29 is 23.2 Å². The molecular weight excluding hydrogens is 570 g/mol. The third-order valence-corrected chi connectivity index (χ3v) is 7.13. The summed E-state index contributed by atoms with van der Waals surface area (Å²) in [6.45, 7) is 1.52. The number of hydrogen-bond donors (Lipinski definition) is 0. The first-order chi connectivity index (χ1) is 17.7. The number of rotatable bonds is 10. The highest BCUT2D eigenvalue weighted by Crippen LogP contribution is 2.43. The summed E-state index contributed by atoms with van der Waals surface area (Å²) in [5.74, 6) is 0.611. The van der Waals surface area contributed by atoms with Crippen molar-refractivity contribution >= 4 is 27.7 Å². The second kappa shape index (κ2) is 11.7. The van der Waals surface area contributed by atoms with E-state index in [1.165, 1.54) is 31.4 Å². The summed E-state index contributed by atoms with van der Waals surface area (Å²) in [7, 11) is 1.47. The number of nitro groups is 1. The summed E-state index contributed by atoms with van der Waals surface area (Å²) in [5.41, 5.74) is 2.00. The van der Waals surface area contributed by atoms with E-state index in [-0.39, 0.29) is 18.2 Å². The molecule has 192 valence electrons. The average molecular weight is 591 g/mol. The number of benzene rings is 3. The quantitative estimate of drug-likeness (QED) is 0.121. The molecular formula is C25H21BrF2N4O4S. The van der Waals surface area contributed by atoms with Crippen molar-refractivity contribution in [2.75, 3.05) is 13.7 Å². The smallest absolute Gasteiger partial charge is 0.220 e. The average Bonchev–Trinajstić information content (AvgIpc) is 3.23. The van der Waals surface area contributed by atoms with E-state index in [2.05, 4.69) is 26.1 Å². The molecule has 1 atom stereocenters. The van der Waals surface area contributed by atoms with Gasteiger partial charge in [-0.2, -0.15) is 0 Å². The minimum absolute atomic E-state index is 0.168. The predicted octanol–water partition coefficient (Wildman–Crippen LogP) is 6.31. The molecule has 0 amide bonds. The molecule has 0 aliphatic carbocycles. The first-order valence-electron chi connectivity index (χ1n) is 11.0. The summed E-state index contributed by atoms with van der Waals surface area (Å²) >= 11 is 4.66. The largest absolute Gasteiger partial charge is 0.493 e. The van der Waals surface area contributed by atoms with Gasteiger partial charge in [-0.3, -0.25) is 14.7 Å². The Morgan fingerprint density at radius 3 is 2.35 bits per heavy atom. The standard InChI is InChI=1S/C25H21BrF2N4O4S/c1-15-29-30-25(32(15)20-9-7-19(28)8-10-20)37-23(13-31(33)34)17-11-21(26)24(22(12-17)35-2)36-14-16-3-5-18(27)6-4-16/h3-12,23H,13-14H2,1-2H3/t23-/m0/s1. The van der Waals surface area contributed by atoms with Crippen LogP contribution >= 0.6 is 27.7 Å². The second-order valence-electron chi connectivity index (χ2n) is 7.91. The van der Waals surface area contributed by atoms with Crippen molar-refractivity contribution in [1.29, 1.82) is 0 Å². The molecule has 0 aliphatic heterocycles. The molecule has 0 aliphatic rings. The zero-order valence-electron chi connectivity index (χ0n) is 19.7. The van der Waals surface area contributed by atoms with E-state index in [0.29, 0.717) is 38.2 Å². The number of halogens is 3. The summed E-state index contributed by atoms with van der Waals surface area (Å²) in [5, 5.41) is 19.7. The van der Waals surface area contributed by atoms with Crippen LogP contribution in [0.4, 0.5) is 8.78 Å². The molecule has 0 bridgehead atoms. The Bertz CT molecular complexity index is 1400. The Balaban J connectivity index is 1.64. The van der Waals surface area contributed by atoms with Crippen molar-refractivity contribution in [3.05, 3.63) is 104 Å². The molecule has 0 spiro atoms. The fourth-order valence-electron chi connectivity index (χ4n) is 3.58. The van der Waals surface area contributed by atoms with Crippen molar-refractivity contribution in [2.24, 2.45) is 0 Å². The van der Waals surface area contributed by atoms with Gasteiger partial charge in [0, 0.05) is 10.6 Å². The molecule has 0 saturated carbocycles. The molecule has 0 unspecified atom stereocenters. The maximum absolute atomic E-state index is 13.5. The zero-order valence-corrected chi connectivity index (χ0v) is 22.1. The highest BCUT2D eigenvalue weighted by molar-refractivity contribution is 9.10. The van der Waals surface area contributed by atoms with Crippen molar-refractivity contribution in [1.82, 2.24) is 14.8 Å². The van der Waals surface area contributed by atoms with Crippen LogP contribution < -0.4 is 9.47 Å². The van der Waals surface area contributed by atoms with Gasteiger partial charge in [0.25, 0.3) is 0 Å². The third-order valence-electron chi connectivity index (χ3n) is 5.36. The van der Waals surface area contributed by atoms with Crippen LogP contribution in [-0.2, 0) is 6.61 Å². The molecule has 0 radical (unpaired) electrons. The topological polar surface area (TPSA) is 92.3 Å². The number of nitrogens with zero attached hydrogens (tertiary/aromatic N) is 4. The molecule has 1 heterocycles. The Morgan fingerprint density at radius 1 is 1.08 bits per heavy atom. The monoisotopic (exact) mass is 590 g/mol. The number of hydrogen-bond acceptors (Lipinski definition) is 7. The van der Waals surface area contributed by atoms with Gasteiger partial charge >= 0.3 is 0 Å². The van der Waals surface area contributed by atoms with Crippen LogP contribution in [0.15, 0.2) is 70.3 Å². The van der Waals surface area contributed by atoms with E-state index >= 15 is 0 Å². The highest BCUT2D eigenvalue weighted by Gasteiger charge is 2.26. The van der Waals surface area contributed by atoms with Crippen LogP contribution in [0.25, 0.3) is 5.69 Å². The maximum atomic E-state index is 13.5. The van der Waals surface area contributed by atoms with Gasteiger partial charge in [-0.25, -0.2) is 8.78 Å². The summed E-state index contributed by atoms with van der Waals surface area (Å²) < 4.78 is 40.3. The van der Waals surface area contributed by atoms with Crippen molar-refractivity contribution in [3.8, 4) is 17.2 Å². The number of methoxy groups -OCH3 is 1. The molecule has 4 aromatic rings. The van der Waals surface area contributed by atoms with E-state index < -0.39 is 16.7 Å². The molecule has 3 aromatic carbocycles. The molecule has 4 rings (SSSR count). The van der Waals surface area contributed by atoms with Gasteiger partial charge in [-0.1, -0.05) is 23.9 Å². The van der Waals surface area contributed by atoms with E-state index in [1.54, 1.807) is 47.9 Å². The number of aromatic nitrogens is 3. The molecule has 0 N–H and O–H groups in total. The molecule has 8 nitrogen and oxygen atoms in total. The lowest BCUT2D eigenvalue weighted by Crippen LogP contribution is -2.12. The van der Waals surface area contributed by atoms with E-state index in [0.717, 1.165) is 17.3 Å². The molecule has 37 heavy (non-hydrogen) atoms. The fraction of sp³-hybridized carbons (Fsp3) is 0.200. The SMILES string of the molecule is COc1cc([C@H](C[N+](=O)[O-])Sc2nnc(C)n2-c2ccc(F)cc2)cc(Br)c1OCc1ccc(F)cc1. The van der Waals surface area contributed by atoms with Crippen LogP contribution in [0.1, 0.15) is 22.2 Å². The number of ether oxygens (including phenoxy) is 2. The minimum Gasteiger partial charge on any atom is -0.493 e. The first kappa shape index (κ1) is 26.6. The lowest BCUT2D eigenvalue weighted by molar-refractivity contribution is -0.479. The predicted molar refractivity (Wildman–Crippen MR) is 138 cm³/mol. The van der Waals surface area contributed by atoms with Crippen LogP contribution in [0.2, 0.25) is 0 Å². The highest BCUT2D eigenvalue weighted by atomic mass is 79.9. The van der Waals surface area contributed by atoms with Gasteiger partial charge < -0.3 is 9.47 Å². The van der Waals surface area contributed by atoms with Gasteiger partial charge in [0.05, 0.1) is 11.6 Å². The summed E-state index contributed by atoms with van der Waals surface area (Å²) in [6.07, 6.45) is 0. The molecule has 1 aromatic heterocycles. The Kier molecular flexibility index (Phi) is 8.39. The van der Waals surface area contributed by atoms with Crippen LogP contribution in [0.3, 0.4) is 0 Å². The van der Waals surface area contributed by atoms with E-state index in [9.17, 15) is 18.9 Å². The first-order valence-corrected chi connectivity index (χ1v) is 12.6. The number of aryl methyl sites for hydroxylation is 1. The van der Waals surface area contributed by atoms with Gasteiger partial charge in [0.2, 0.25) is 6.54 Å². The normalized spacial score (nSPS) is 11.8. The van der Waals surface area contributed by atoms with Gasteiger partial charge in [-0.15, -0.1) is 10.2 Å². The minimum atomic E-state index is -0.658. The number of thioether (sulfide) groups is 1. The van der Waals surface area contributed by atoms with Gasteiger partial charge in [0.15, 0.2) is 16.7 Å². The second-order valence-corrected chi connectivity index (χ2v) is 9.94. The summed E-state index contributed by atoms with van der Waals surface area (Å²) in [4.78, 5) is 11.2. The van der Waals surface area contributed by atoms with Crippen molar-refractivity contribution in [2.45, 2.75) is 23.9 Å². The van der Waals surface area contributed by atoms with Gasteiger partial charge in [0.1, 0.15) is 29.3 Å². The Morgan fingerprint density at radius 2 is 1.73 bits per heavy atom. The molecule has 12 heteroatoms. The van der Waals surface area contributed by atoms with Crippen molar-refractivity contribution in [3.63, 3.8) is 0 Å². The van der Waals surface area contributed by atoms with Crippen LogP contribution in [-0.4, -0.2) is 33.3 Å². The third kappa shape index (κ3) is 6.44. The Labute approximate surface area is 223 Å². The maximum Gasteiger partial charge on any atom is 0.220 e. The molecule has 0 saturated heterocycles.